The van der Waals surface area contributed by atoms with E-state index in [0.29, 0.717) is 12.5 Å². The van der Waals surface area contributed by atoms with Gasteiger partial charge in [-0.25, -0.2) is 4.79 Å². The number of nitrogens with zero attached hydrogens (tertiary/aromatic N) is 1. The van der Waals surface area contributed by atoms with Crippen LogP contribution in [0.3, 0.4) is 0 Å². The van der Waals surface area contributed by atoms with Crippen LogP contribution in [-0.2, 0) is 4.74 Å². The minimum absolute atomic E-state index is 0.122. The maximum absolute atomic E-state index is 10.8. The van der Waals surface area contributed by atoms with E-state index in [1.54, 1.807) is 4.90 Å². The van der Waals surface area contributed by atoms with E-state index in [2.05, 4.69) is 0 Å². The first-order chi connectivity index (χ1) is 4.36. The Bertz CT molecular complexity index is 146. The van der Waals surface area contributed by atoms with E-state index in [-0.39, 0.29) is 6.09 Å². The van der Waals surface area contributed by atoms with Crippen LogP contribution < -0.4 is 0 Å². The molecule has 0 radical (unpaired) electrons. The van der Waals surface area contributed by atoms with Crippen LogP contribution in [0.1, 0.15) is 6.42 Å². The highest BCUT2D eigenvalue weighted by atomic mass is 16.6. The van der Waals surface area contributed by atoms with Crippen molar-refractivity contribution >= 4 is 6.09 Å². The first kappa shape index (κ1) is 5.09. The van der Waals surface area contributed by atoms with E-state index in [1.807, 2.05) is 0 Å². The van der Waals surface area contributed by atoms with Gasteiger partial charge in [0.05, 0.1) is 6.61 Å². The summed E-state index contributed by atoms with van der Waals surface area (Å²) in [6.45, 7) is 2.48. The van der Waals surface area contributed by atoms with Gasteiger partial charge in [-0.05, 0) is 6.42 Å². The molecule has 2 saturated heterocycles. The zero-order valence-corrected chi connectivity index (χ0v) is 5.17. The minimum atomic E-state index is -0.122. The molecule has 0 aromatic heterocycles. The summed E-state index contributed by atoms with van der Waals surface area (Å²) in [5.74, 6) is 0.627. The summed E-state index contributed by atoms with van der Waals surface area (Å²) in [4.78, 5) is 12.5. The highest BCUT2D eigenvalue weighted by Gasteiger charge is 2.32. The monoisotopic (exact) mass is 127 g/mol. The first-order valence-electron chi connectivity index (χ1n) is 3.28. The summed E-state index contributed by atoms with van der Waals surface area (Å²) in [6.07, 6.45) is 1.01. The molecule has 0 spiro atoms. The fourth-order valence-electron chi connectivity index (χ4n) is 1.41. The number of cyclic esters (lactones) is 1. The van der Waals surface area contributed by atoms with Gasteiger partial charge in [-0.15, -0.1) is 0 Å². The normalized spacial score (nSPS) is 32.7. The Hall–Kier alpha value is -0.730. The molecule has 0 aromatic carbocycles. The van der Waals surface area contributed by atoms with Crippen LogP contribution in [0.4, 0.5) is 4.79 Å². The largest absolute Gasteiger partial charge is 0.449 e. The summed E-state index contributed by atoms with van der Waals surface area (Å²) in [5.41, 5.74) is 0. The van der Waals surface area contributed by atoms with Crippen molar-refractivity contribution in [3.8, 4) is 0 Å². The summed E-state index contributed by atoms with van der Waals surface area (Å²) >= 11 is 0. The molecule has 2 bridgehead atoms. The molecule has 2 heterocycles. The summed E-state index contributed by atoms with van der Waals surface area (Å²) in [7, 11) is 0. The van der Waals surface area contributed by atoms with Crippen LogP contribution in [-0.4, -0.2) is 30.7 Å². The number of hydrogen-bond acceptors (Lipinski definition) is 2. The summed E-state index contributed by atoms with van der Waals surface area (Å²) < 4.78 is 4.85. The Balaban J connectivity index is 2.14. The van der Waals surface area contributed by atoms with Crippen LogP contribution >= 0.6 is 0 Å². The Kier molecular flexibility index (Phi) is 0.917. The molecule has 9 heavy (non-hydrogen) atoms. The van der Waals surface area contributed by atoms with Crippen molar-refractivity contribution in [1.82, 2.24) is 4.90 Å². The van der Waals surface area contributed by atoms with E-state index in [1.165, 1.54) is 0 Å². The highest BCUT2D eigenvalue weighted by Crippen LogP contribution is 2.21. The molecule has 0 saturated carbocycles. The Morgan fingerprint density at radius 2 is 2.56 bits per heavy atom. The fraction of sp³-hybridized carbons (Fsp3) is 0.833. The molecule has 2 fully saturated rings. The predicted molar refractivity (Wildman–Crippen MR) is 31.0 cm³/mol. The molecule has 0 aromatic rings. The fourth-order valence-corrected chi connectivity index (χ4v) is 1.41. The third kappa shape index (κ3) is 0.677. The Morgan fingerprint density at radius 3 is 3.33 bits per heavy atom. The van der Waals surface area contributed by atoms with Crippen LogP contribution in [0.25, 0.3) is 0 Å². The van der Waals surface area contributed by atoms with E-state index in [4.69, 9.17) is 4.74 Å². The molecule has 1 amide bonds. The molecule has 3 heteroatoms. The second kappa shape index (κ2) is 1.62. The van der Waals surface area contributed by atoms with Gasteiger partial charge in [-0.2, -0.15) is 0 Å². The molecule has 50 valence electrons. The van der Waals surface area contributed by atoms with Crippen molar-refractivity contribution in [2.24, 2.45) is 5.92 Å². The number of fused-ring (bicyclic) bond motifs is 2. The first-order valence-corrected chi connectivity index (χ1v) is 3.28. The number of hydrogen-bond donors (Lipinski definition) is 0. The molecule has 2 aliphatic heterocycles. The highest BCUT2D eigenvalue weighted by molar-refractivity contribution is 5.68. The maximum Gasteiger partial charge on any atom is 0.409 e. The predicted octanol–water partition coefficient (Wildman–Crippen LogP) is 0.459. The van der Waals surface area contributed by atoms with Crippen LogP contribution in [0.5, 0.6) is 0 Å². The lowest BCUT2D eigenvalue weighted by Crippen LogP contribution is -2.35. The number of rotatable bonds is 0. The number of carbonyl (C=O) groups excluding carboxylic acids is 1. The van der Waals surface area contributed by atoms with Gasteiger partial charge >= 0.3 is 6.09 Å². The quantitative estimate of drug-likeness (QED) is 0.473. The van der Waals surface area contributed by atoms with E-state index in [0.717, 1.165) is 19.5 Å². The van der Waals surface area contributed by atoms with Crippen molar-refractivity contribution < 1.29 is 9.53 Å². The van der Waals surface area contributed by atoms with Crippen molar-refractivity contribution in [3.05, 3.63) is 0 Å². The Morgan fingerprint density at radius 1 is 1.67 bits per heavy atom. The van der Waals surface area contributed by atoms with E-state index >= 15 is 0 Å². The Labute approximate surface area is 53.6 Å². The maximum atomic E-state index is 10.8. The van der Waals surface area contributed by atoms with Crippen LogP contribution in [0.15, 0.2) is 0 Å². The lowest BCUT2D eigenvalue weighted by atomic mass is 10.1. The standard InChI is InChI=1S/C6H9NO2/c8-6-7-2-1-5(3-7)4-9-6/h5H,1-4H2. The number of ether oxygens (including phenoxy) is 1. The van der Waals surface area contributed by atoms with Gasteiger partial charge in [-0.3, -0.25) is 0 Å². The van der Waals surface area contributed by atoms with Crippen molar-refractivity contribution in [2.75, 3.05) is 19.7 Å². The molecule has 0 N–H and O–H groups in total. The van der Waals surface area contributed by atoms with Gasteiger partial charge in [0.15, 0.2) is 0 Å². The molecule has 1 atom stereocenters. The van der Waals surface area contributed by atoms with Crippen molar-refractivity contribution in [3.63, 3.8) is 0 Å². The van der Waals surface area contributed by atoms with Gasteiger partial charge in [0.25, 0.3) is 0 Å². The summed E-state index contributed by atoms with van der Waals surface area (Å²) in [5, 5.41) is 0. The zero-order valence-electron chi connectivity index (χ0n) is 5.17. The third-order valence-electron chi connectivity index (χ3n) is 1.99. The lowest BCUT2D eigenvalue weighted by molar-refractivity contribution is 0.0760. The smallest absolute Gasteiger partial charge is 0.409 e. The van der Waals surface area contributed by atoms with Gasteiger partial charge in [0.1, 0.15) is 0 Å². The molecule has 2 rings (SSSR count). The molecule has 3 nitrogen and oxygen atoms in total. The second-order valence-corrected chi connectivity index (χ2v) is 2.68. The zero-order chi connectivity index (χ0) is 6.27. The van der Waals surface area contributed by atoms with Crippen LogP contribution in [0, 0.1) is 5.92 Å². The summed E-state index contributed by atoms with van der Waals surface area (Å²) in [6, 6.07) is 0. The van der Waals surface area contributed by atoms with Gasteiger partial charge < -0.3 is 9.64 Å². The van der Waals surface area contributed by atoms with Gasteiger partial charge in [0, 0.05) is 19.0 Å². The molecule has 1 unspecified atom stereocenters. The molecule has 2 aliphatic rings. The topological polar surface area (TPSA) is 29.5 Å². The van der Waals surface area contributed by atoms with E-state index < -0.39 is 0 Å². The van der Waals surface area contributed by atoms with Crippen molar-refractivity contribution in [1.29, 1.82) is 0 Å². The minimum Gasteiger partial charge on any atom is -0.449 e. The molecule has 0 aliphatic carbocycles. The number of amides is 1. The average molecular weight is 127 g/mol. The number of carbonyl (C=O) groups is 1. The molecular weight excluding hydrogens is 118 g/mol. The lowest BCUT2D eigenvalue weighted by Gasteiger charge is -2.21. The van der Waals surface area contributed by atoms with Gasteiger partial charge in [-0.1, -0.05) is 0 Å². The molecular formula is C6H9NO2. The second-order valence-electron chi connectivity index (χ2n) is 2.68. The van der Waals surface area contributed by atoms with Gasteiger partial charge in [0.2, 0.25) is 0 Å². The van der Waals surface area contributed by atoms with Crippen LogP contribution in [0.2, 0.25) is 0 Å². The van der Waals surface area contributed by atoms with Crippen molar-refractivity contribution in [2.45, 2.75) is 6.42 Å². The average Bonchev–Trinajstić information content (AvgIpc) is 2.25. The third-order valence-corrected chi connectivity index (χ3v) is 1.99. The van der Waals surface area contributed by atoms with E-state index in [9.17, 15) is 4.79 Å². The SMILES string of the molecule is O=C1OCC2CCN1C2.